The van der Waals surface area contributed by atoms with E-state index in [4.69, 9.17) is 16.3 Å². The highest BCUT2D eigenvalue weighted by atomic mass is 35.5. The van der Waals surface area contributed by atoms with Gasteiger partial charge < -0.3 is 9.84 Å². The molecule has 0 bridgehead atoms. The number of ether oxygens (including phenoxy) is 1. The number of hydrogen-bond donors (Lipinski definition) is 1. The lowest BCUT2D eigenvalue weighted by Gasteiger charge is -2.32. The Hall–Kier alpha value is -0.0900. The number of aliphatic hydroxyl groups is 1. The van der Waals surface area contributed by atoms with E-state index >= 15 is 0 Å². The van der Waals surface area contributed by atoms with Crippen LogP contribution < -0.4 is 0 Å². The van der Waals surface area contributed by atoms with E-state index in [-0.39, 0.29) is 6.10 Å². The Morgan fingerprint density at radius 1 is 1.39 bits per heavy atom. The zero-order chi connectivity index (χ0) is 13.0. The predicted octanol–water partition coefficient (Wildman–Crippen LogP) is 4.42. The van der Waals surface area contributed by atoms with Gasteiger partial charge in [0.15, 0.2) is 0 Å². The second kappa shape index (κ2) is 6.90. The Morgan fingerprint density at radius 3 is 2.67 bits per heavy atom. The van der Waals surface area contributed by atoms with Crippen molar-refractivity contribution in [3.05, 3.63) is 21.3 Å². The molecule has 0 spiro atoms. The number of rotatable bonds is 5. The first-order chi connectivity index (χ1) is 8.72. The van der Waals surface area contributed by atoms with Crippen molar-refractivity contribution in [2.75, 3.05) is 6.61 Å². The standard InChI is InChI=1S/C14H21ClO2S/c1-2-17-14(10-6-4-3-5-7-10)13(16)11-8-9-12(15)18-11/h8-10,13-14,16H,2-7H2,1H3. The summed E-state index contributed by atoms with van der Waals surface area (Å²) in [4.78, 5) is 0.920. The van der Waals surface area contributed by atoms with Crippen LogP contribution in [0, 0.1) is 5.92 Å². The highest BCUT2D eigenvalue weighted by molar-refractivity contribution is 7.16. The molecule has 0 amide bonds. The van der Waals surface area contributed by atoms with Gasteiger partial charge in [0.25, 0.3) is 0 Å². The quantitative estimate of drug-likeness (QED) is 0.869. The van der Waals surface area contributed by atoms with Gasteiger partial charge in [-0.15, -0.1) is 11.3 Å². The van der Waals surface area contributed by atoms with Crippen molar-refractivity contribution in [1.82, 2.24) is 0 Å². The summed E-state index contributed by atoms with van der Waals surface area (Å²) in [5.74, 6) is 0.481. The lowest BCUT2D eigenvalue weighted by Crippen LogP contribution is -2.32. The van der Waals surface area contributed by atoms with Crippen molar-refractivity contribution < 1.29 is 9.84 Å². The zero-order valence-electron chi connectivity index (χ0n) is 10.8. The average molecular weight is 289 g/mol. The molecule has 1 saturated carbocycles. The molecule has 1 aromatic heterocycles. The maximum atomic E-state index is 10.5. The third-order valence-corrected chi connectivity index (χ3v) is 4.97. The lowest BCUT2D eigenvalue weighted by atomic mass is 9.83. The van der Waals surface area contributed by atoms with Crippen LogP contribution in [-0.4, -0.2) is 17.8 Å². The largest absolute Gasteiger partial charge is 0.385 e. The van der Waals surface area contributed by atoms with E-state index in [2.05, 4.69) is 0 Å². The summed E-state index contributed by atoms with van der Waals surface area (Å²) >= 11 is 7.39. The van der Waals surface area contributed by atoms with Crippen molar-refractivity contribution in [2.45, 2.75) is 51.2 Å². The van der Waals surface area contributed by atoms with Crippen LogP contribution in [0.5, 0.6) is 0 Å². The summed E-state index contributed by atoms with van der Waals surface area (Å²) < 4.78 is 6.55. The molecule has 0 aliphatic heterocycles. The molecule has 1 N–H and O–H groups in total. The Bertz CT molecular complexity index is 360. The third kappa shape index (κ3) is 3.47. The molecule has 102 valence electrons. The monoisotopic (exact) mass is 288 g/mol. The van der Waals surface area contributed by atoms with E-state index in [1.807, 2.05) is 19.1 Å². The molecule has 2 nitrogen and oxygen atoms in total. The molecule has 1 fully saturated rings. The van der Waals surface area contributed by atoms with Crippen LogP contribution in [-0.2, 0) is 4.74 Å². The molecule has 0 radical (unpaired) electrons. The minimum atomic E-state index is -0.537. The molecule has 4 heteroatoms. The smallest absolute Gasteiger partial charge is 0.115 e. The molecular weight excluding hydrogens is 268 g/mol. The van der Waals surface area contributed by atoms with Gasteiger partial charge >= 0.3 is 0 Å². The molecule has 1 aliphatic carbocycles. The Labute approximate surface area is 118 Å². The van der Waals surface area contributed by atoms with Crippen LogP contribution in [0.1, 0.15) is 50.0 Å². The van der Waals surface area contributed by atoms with Crippen molar-refractivity contribution >= 4 is 22.9 Å². The number of thiophene rings is 1. The number of hydrogen-bond acceptors (Lipinski definition) is 3. The summed E-state index contributed by atoms with van der Waals surface area (Å²) in [6, 6.07) is 3.75. The molecule has 1 aromatic rings. The fourth-order valence-corrected chi connectivity index (χ4v) is 3.87. The maximum Gasteiger partial charge on any atom is 0.115 e. The highest BCUT2D eigenvalue weighted by Gasteiger charge is 2.31. The third-order valence-electron chi connectivity index (χ3n) is 3.67. The molecule has 2 rings (SSSR count). The van der Waals surface area contributed by atoms with Crippen molar-refractivity contribution in [2.24, 2.45) is 5.92 Å². The van der Waals surface area contributed by atoms with E-state index in [0.29, 0.717) is 12.5 Å². The molecule has 1 aliphatic rings. The van der Waals surface area contributed by atoms with E-state index in [9.17, 15) is 5.11 Å². The van der Waals surface area contributed by atoms with Gasteiger partial charge in [-0.3, -0.25) is 0 Å². The van der Waals surface area contributed by atoms with Gasteiger partial charge in [0, 0.05) is 11.5 Å². The summed E-state index contributed by atoms with van der Waals surface area (Å²) in [5, 5.41) is 10.5. The maximum absolute atomic E-state index is 10.5. The average Bonchev–Trinajstić information content (AvgIpc) is 2.83. The van der Waals surface area contributed by atoms with Gasteiger partial charge in [-0.05, 0) is 37.8 Å². The minimum absolute atomic E-state index is 0.0787. The van der Waals surface area contributed by atoms with E-state index in [1.54, 1.807) is 0 Å². The molecule has 0 saturated heterocycles. The first-order valence-electron chi connectivity index (χ1n) is 6.77. The van der Waals surface area contributed by atoms with E-state index in [1.165, 1.54) is 43.4 Å². The topological polar surface area (TPSA) is 29.5 Å². The lowest BCUT2D eigenvalue weighted by molar-refractivity contribution is -0.0726. The van der Waals surface area contributed by atoms with Crippen LogP contribution in [0.3, 0.4) is 0 Å². The van der Waals surface area contributed by atoms with Crippen LogP contribution in [0.25, 0.3) is 0 Å². The summed E-state index contributed by atoms with van der Waals surface area (Å²) in [7, 11) is 0. The predicted molar refractivity (Wildman–Crippen MR) is 76.3 cm³/mol. The molecule has 2 unspecified atom stereocenters. The summed E-state index contributed by atoms with van der Waals surface area (Å²) in [6.45, 7) is 2.64. The fourth-order valence-electron chi connectivity index (χ4n) is 2.79. The van der Waals surface area contributed by atoms with E-state index < -0.39 is 6.10 Å². The SMILES string of the molecule is CCOC(C1CCCCC1)C(O)c1ccc(Cl)s1. The molecule has 1 heterocycles. The molecular formula is C14H21ClO2S. The van der Waals surface area contributed by atoms with Crippen molar-refractivity contribution in [3.63, 3.8) is 0 Å². The van der Waals surface area contributed by atoms with E-state index in [0.717, 1.165) is 9.21 Å². The first-order valence-corrected chi connectivity index (χ1v) is 7.96. The van der Waals surface area contributed by atoms with Crippen LogP contribution in [0.15, 0.2) is 12.1 Å². The van der Waals surface area contributed by atoms with Gasteiger partial charge in [0.2, 0.25) is 0 Å². The Kier molecular flexibility index (Phi) is 5.49. The second-order valence-corrected chi connectivity index (χ2v) is 6.65. The highest BCUT2D eigenvalue weighted by Crippen LogP contribution is 2.37. The molecule has 18 heavy (non-hydrogen) atoms. The van der Waals surface area contributed by atoms with Crippen LogP contribution in [0.2, 0.25) is 4.34 Å². The Morgan fingerprint density at radius 2 is 2.11 bits per heavy atom. The summed E-state index contributed by atoms with van der Waals surface area (Å²) in [5.41, 5.74) is 0. The number of halogens is 1. The van der Waals surface area contributed by atoms with Gasteiger partial charge in [-0.1, -0.05) is 30.9 Å². The van der Waals surface area contributed by atoms with Crippen molar-refractivity contribution in [1.29, 1.82) is 0 Å². The van der Waals surface area contributed by atoms with Crippen LogP contribution >= 0.6 is 22.9 Å². The normalized spacial score (nSPS) is 20.8. The molecule has 0 aromatic carbocycles. The minimum Gasteiger partial charge on any atom is -0.385 e. The van der Waals surface area contributed by atoms with Gasteiger partial charge in [-0.25, -0.2) is 0 Å². The van der Waals surface area contributed by atoms with Gasteiger partial charge in [-0.2, -0.15) is 0 Å². The van der Waals surface area contributed by atoms with Gasteiger partial charge in [0.05, 0.1) is 10.4 Å². The number of aliphatic hydroxyl groups excluding tert-OH is 1. The van der Waals surface area contributed by atoms with Gasteiger partial charge in [0.1, 0.15) is 6.10 Å². The first kappa shape index (κ1) is 14.3. The second-order valence-electron chi connectivity index (χ2n) is 4.90. The Balaban J connectivity index is 2.08. The van der Waals surface area contributed by atoms with Crippen molar-refractivity contribution in [3.8, 4) is 0 Å². The van der Waals surface area contributed by atoms with Crippen LogP contribution in [0.4, 0.5) is 0 Å². The fraction of sp³-hybridized carbons (Fsp3) is 0.714. The molecule has 2 atom stereocenters. The zero-order valence-corrected chi connectivity index (χ0v) is 12.3. The summed E-state index contributed by atoms with van der Waals surface area (Å²) in [6.07, 6.45) is 5.55.